The van der Waals surface area contributed by atoms with Crippen molar-refractivity contribution in [2.24, 2.45) is 0 Å². The summed E-state index contributed by atoms with van der Waals surface area (Å²) in [5.74, 6) is -1.30. The van der Waals surface area contributed by atoms with E-state index >= 15 is 0 Å². The zero-order valence-corrected chi connectivity index (χ0v) is 12.8. The first-order valence-corrected chi connectivity index (χ1v) is 7.43. The molecule has 0 unspecified atom stereocenters. The zero-order chi connectivity index (χ0) is 16.8. The number of carbonyl (C=O) groups is 2. The number of halogens is 2. The van der Waals surface area contributed by atoms with Gasteiger partial charge in [0.1, 0.15) is 10.8 Å². The van der Waals surface area contributed by atoms with E-state index in [1.807, 2.05) is 0 Å². The lowest BCUT2D eigenvalue weighted by Crippen LogP contribution is -2.30. The van der Waals surface area contributed by atoms with Crippen LogP contribution in [0, 0.1) is 5.82 Å². The van der Waals surface area contributed by atoms with Crippen molar-refractivity contribution in [3.05, 3.63) is 70.5 Å². The van der Waals surface area contributed by atoms with Gasteiger partial charge in [-0.2, -0.15) is 5.10 Å². The molecule has 0 bridgehead atoms. The summed E-state index contributed by atoms with van der Waals surface area (Å²) in [5.41, 5.74) is 1.62. The number of imide groups is 1. The maximum Gasteiger partial charge on any atom is 0.267 e. The second-order valence-corrected chi connectivity index (χ2v) is 5.61. The predicted octanol–water partition coefficient (Wildman–Crippen LogP) is 3.67. The van der Waals surface area contributed by atoms with E-state index in [1.165, 1.54) is 24.3 Å². The Morgan fingerprint density at radius 1 is 0.958 bits per heavy atom. The highest BCUT2D eigenvalue weighted by Gasteiger charge is 2.39. The fourth-order valence-corrected chi connectivity index (χ4v) is 2.93. The number of hydrogen-bond donors (Lipinski definition) is 1. The number of rotatable bonds is 2. The van der Waals surface area contributed by atoms with Gasteiger partial charge in [0.05, 0.1) is 16.8 Å². The van der Waals surface area contributed by atoms with Gasteiger partial charge in [0.15, 0.2) is 5.82 Å². The number of H-pyrrole nitrogens is 1. The molecule has 0 spiro atoms. The van der Waals surface area contributed by atoms with Crippen LogP contribution in [0.25, 0.3) is 11.3 Å². The van der Waals surface area contributed by atoms with Crippen molar-refractivity contribution in [3.8, 4) is 11.3 Å². The largest absolute Gasteiger partial charge is 0.274 e. The molecule has 4 rings (SSSR count). The Hall–Kier alpha value is -2.99. The lowest BCUT2D eigenvalue weighted by atomic mass is 10.1. The van der Waals surface area contributed by atoms with E-state index in [9.17, 15) is 14.0 Å². The van der Waals surface area contributed by atoms with E-state index in [0.29, 0.717) is 22.4 Å². The number of amides is 2. The van der Waals surface area contributed by atoms with Gasteiger partial charge < -0.3 is 0 Å². The molecule has 1 aliphatic rings. The number of anilines is 1. The number of fused-ring (bicyclic) bond motifs is 1. The van der Waals surface area contributed by atoms with E-state index in [-0.39, 0.29) is 16.7 Å². The minimum Gasteiger partial charge on any atom is -0.274 e. The van der Waals surface area contributed by atoms with Crippen molar-refractivity contribution in [2.75, 3.05) is 4.90 Å². The van der Waals surface area contributed by atoms with Gasteiger partial charge in [-0.15, -0.1) is 0 Å². The minimum atomic E-state index is -0.477. The third kappa shape index (κ3) is 2.04. The lowest BCUT2D eigenvalue weighted by Gasteiger charge is -2.10. The summed E-state index contributed by atoms with van der Waals surface area (Å²) < 4.78 is 13.1. The molecule has 2 heterocycles. The van der Waals surface area contributed by atoms with Crippen LogP contribution in [0.3, 0.4) is 0 Å². The molecule has 0 saturated heterocycles. The molecule has 1 aromatic heterocycles. The van der Waals surface area contributed by atoms with Gasteiger partial charge in [0, 0.05) is 5.56 Å². The number of aromatic nitrogens is 2. The van der Waals surface area contributed by atoms with Crippen LogP contribution in [0.2, 0.25) is 5.02 Å². The Kier molecular flexibility index (Phi) is 3.21. The highest BCUT2D eigenvalue weighted by Crippen LogP contribution is 2.37. The Labute approximate surface area is 140 Å². The Balaban J connectivity index is 1.78. The van der Waals surface area contributed by atoms with Crippen molar-refractivity contribution in [2.45, 2.75) is 0 Å². The van der Waals surface area contributed by atoms with Gasteiger partial charge in [0.2, 0.25) is 0 Å². The molecular weight excluding hydrogens is 333 g/mol. The van der Waals surface area contributed by atoms with Crippen LogP contribution in [-0.4, -0.2) is 22.0 Å². The van der Waals surface area contributed by atoms with Crippen LogP contribution < -0.4 is 4.90 Å². The summed E-state index contributed by atoms with van der Waals surface area (Å²) >= 11 is 6.32. The third-order valence-corrected chi connectivity index (χ3v) is 4.19. The van der Waals surface area contributed by atoms with Crippen molar-refractivity contribution >= 4 is 29.2 Å². The molecule has 5 nitrogen and oxygen atoms in total. The highest BCUT2D eigenvalue weighted by molar-refractivity contribution is 6.40. The first-order valence-electron chi connectivity index (χ1n) is 7.05. The molecule has 0 radical (unpaired) electrons. The van der Waals surface area contributed by atoms with Crippen LogP contribution in [0.1, 0.15) is 20.7 Å². The van der Waals surface area contributed by atoms with Gasteiger partial charge in [0.25, 0.3) is 11.8 Å². The van der Waals surface area contributed by atoms with Crippen molar-refractivity contribution in [3.63, 3.8) is 0 Å². The van der Waals surface area contributed by atoms with Gasteiger partial charge in [-0.25, -0.2) is 9.29 Å². The number of benzene rings is 2. The molecule has 0 atom stereocenters. The number of hydrogen-bond acceptors (Lipinski definition) is 3. The molecule has 24 heavy (non-hydrogen) atoms. The predicted molar refractivity (Wildman–Crippen MR) is 86.6 cm³/mol. The molecule has 2 aromatic carbocycles. The minimum absolute atomic E-state index is 0.0298. The summed E-state index contributed by atoms with van der Waals surface area (Å²) in [5, 5.41) is 6.84. The maximum absolute atomic E-state index is 13.1. The summed E-state index contributed by atoms with van der Waals surface area (Å²) in [7, 11) is 0. The number of nitrogens with zero attached hydrogens (tertiary/aromatic N) is 2. The normalized spacial score (nSPS) is 13.5. The Bertz CT molecular complexity index is 947. The van der Waals surface area contributed by atoms with Gasteiger partial charge in [-0.3, -0.25) is 14.7 Å². The number of carbonyl (C=O) groups excluding carboxylic acids is 2. The molecule has 3 aromatic rings. The fraction of sp³-hybridized carbons (Fsp3) is 0. The average molecular weight is 342 g/mol. The second-order valence-electron chi connectivity index (χ2n) is 5.23. The van der Waals surface area contributed by atoms with Crippen molar-refractivity contribution in [1.82, 2.24) is 10.2 Å². The molecule has 0 aliphatic carbocycles. The quantitative estimate of drug-likeness (QED) is 0.723. The third-order valence-electron chi connectivity index (χ3n) is 3.83. The van der Waals surface area contributed by atoms with E-state index in [1.54, 1.807) is 24.3 Å². The monoisotopic (exact) mass is 341 g/mol. The van der Waals surface area contributed by atoms with Gasteiger partial charge in [-0.1, -0.05) is 23.7 Å². The van der Waals surface area contributed by atoms with Crippen LogP contribution in [-0.2, 0) is 0 Å². The van der Waals surface area contributed by atoms with E-state index in [2.05, 4.69) is 10.2 Å². The SMILES string of the molecule is O=C1c2ccccc2C(=O)N1c1n[nH]c(-c2ccc(F)cc2)c1Cl. The van der Waals surface area contributed by atoms with E-state index in [4.69, 9.17) is 11.6 Å². The second kappa shape index (κ2) is 5.28. The van der Waals surface area contributed by atoms with Crippen LogP contribution in [0.15, 0.2) is 48.5 Å². The molecule has 1 aliphatic heterocycles. The van der Waals surface area contributed by atoms with Crippen molar-refractivity contribution < 1.29 is 14.0 Å². The summed E-state index contributed by atoms with van der Waals surface area (Å²) in [6.45, 7) is 0. The topological polar surface area (TPSA) is 66.1 Å². The fourth-order valence-electron chi connectivity index (χ4n) is 2.66. The maximum atomic E-state index is 13.1. The summed E-state index contributed by atoms with van der Waals surface area (Å²) in [4.78, 5) is 25.9. The summed E-state index contributed by atoms with van der Waals surface area (Å²) in [6, 6.07) is 12.2. The summed E-state index contributed by atoms with van der Waals surface area (Å²) in [6.07, 6.45) is 0. The standard InChI is InChI=1S/C17H9ClFN3O2/c18-13-14(9-5-7-10(19)8-6-9)20-21-15(13)22-16(23)11-3-1-2-4-12(11)17(22)24/h1-8H,(H,20,21). The molecule has 7 heteroatoms. The molecular formula is C17H9ClFN3O2. The molecule has 0 fully saturated rings. The van der Waals surface area contributed by atoms with Gasteiger partial charge in [-0.05, 0) is 36.4 Å². The van der Waals surface area contributed by atoms with Crippen LogP contribution in [0.5, 0.6) is 0 Å². The highest BCUT2D eigenvalue weighted by atomic mass is 35.5. The smallest absolute Gasteiger partial charge is 0.267 e. The zero-order valence-electron chi connectivity index (χ0n) is 12.1. The molecule has 0 saturated carbocycles. The molecule has 1 N–H and O–H groups in total. The Morgan fingerprint density at radius 2 is 1.54 bits per heavy atom. The van der Waals surface area contributed by atoms with E-state index < -0.39 is 11.8 Å². The van der Waals surface area contributed by atoms with Crippen molar-refractivity contribution in [1.29, 1.82) is 0 Å². The lowest BCUT2D eigenvalue weighted by molar-refractivity contribution is 0.0925. The molecule has 2 amide bonds. The Morgan fingerprint density at radius 3 is 2.12 bits per heavy atom. The van der Waals surface area contributed by atoms with Crippen LogP contribution >= 0.6 is 11.6 Å². The van der Waals surface area contributed by atoms with Gasteiger partial charge >= 0.3 is 0 Å². The number of aromatic amines is 1. The van der Waals surface area contributed by atoms with E-state index in [0.717, 1.165) is 4.90 Å². The molecule has 118 valence electrons. The van der Waals surface area contributed by atoms with Crippen LogP contribution in [0.4, 0.5) is 10.2 Å². The number of nitrogens with one attached hydrogen (secondary N) is 1. The average Bonchev–Trinajstić information content (AvgIpc) is 3.08. The first-order chi connectivity index (χ1) is 11.6. The first kappa shape index (κ1) is 14.6.